The lowest BCUT2D eigenvalue weighted by molar-refractivity contribution is 0.629. The van der Waals surface area contributed by atoms with Crippen LogP contribution in [0.15, 0.2) is 36.4 Å². The normalized spacial score (nSPS) is 10.4. The van der Waals surface area contributed by atoms with E-state index in [-0.39, 0.29) is 5.82 Å². The Hall–Kier alpha value is -1.83. The van der Waals surface area contributed by atoms with E-state index in [4.69, 9.17) is 0 Å². The number of aryl methyl sites for hydroxylation is 2. The van der Waals surface area contributed by atoms with Crippen LogP contribution in [0.4, 0.5) is 10.1 Å². The van der Waals surface area contributed by atoms with Gasteiger partial charge in [-0.15, -0.1) is 0 Å². The molecule has 0 bridgehead atoms. The van der Waals surface area contributed by atoms with Gasteiger partial charge in [-0.05, 0) is 49.1 Å². The average Bonchev–Trinajstić information content (AvgIpc) is 2.33. The molecular weight excluding hydrogens is 225 g/mol. The number of hydrogen-bond donors (Lipinski definition) is 1. The van der Waals surface area contributed by atoms with Gasteiger partial charge in [0.2, 0.25) is 0 Å². The highest BCUT2D eigenvalue weighted by atomic mass is 19.1. The molecule has 1 nitrogen and oxygen atoms in total. The molecule has 2 heteroatoms. The van der Waals surface area contributed by atoms with Crippen molar-refractivity contribution in [1.29, 1.82) is 0 Å². The summed E-state index contributed by atoms with van der Waals surface area (Å²) in [7, 11) is 0. The molecule has 0 radical (unpaired) electrons. The summed E-state index contributed by atoms with van der Waals surface area (Å²) in [6.07, 6.45) is 0. The lowest BCUT2D eigenvalue weighted by atomic mass is 10.0. The predicted molar refractivity (Wildman–Crippen MR) is 74.4 cm³/mol. The molecule has 18 heavy (non-hydrogen) atoms. The van der Waals surface area contributed by atoms with Crippen molar-refractivity contribution in [2.75, 3.05) is 5.32 Å². The van der Waals surface area contributed by atoms with Crippen molar-refractivity contribution in [2.24, 2.45) is 0 Å². The van der Waals surface area contributed by atoms with E-state index in [9.17, 15) is 4.39 Å². The van der Waals surface area contributed by atoms with Crippen molar-refractivity contribution in [3.63, 3.8) is 0 Å². The van der Waals surface area contributed by atoms with Crippen molar-refractivity contribution in [3.8, 4) is 0 Å². The first-order valence-corrected chi connectivity index (χ1v) is 6.13. The first kappa shape index (κ1) is 12.6. The molecule has 0 spiro atoms. The van der Waals surface area contributed by atoms with E-state index in [0.29, 0.717) is 12.2 Å². The molecule has 0 heterocycles. The van der Waals surface area contributed by atoms with Crippen LogP contribution in [0.1, 0.15) is 22.3 Å². The van der Waals surface area contributed by atoms with Crippen LogP contribution in [0, 0.1) is 26.6 Å². The highest BCUT2D eigenvalue weighted by Crippen LogP contribution is 2.21. The lowest BCUT2D eigenvalue weighted by Crippen LogP contribution is -2.05. The molecule has 0 atom stereocenters. The van der Waals surface area contributed by atoms with Gasteiger partial charge in [-0.2, -0.15) is 0 Å². The molecule has 0 saturated heterocycles. The van der Waals surface area contributed by atoms with Gasteiger partial charge in [0.1, 0.15) is 5.82 Å². The standard InChI is InChI=1S/C16H18FN/c1-11-6-4-8-14(13(11)3)10-18-16-12(2)7-5-9-15(16)17/h4-9,18H,10H2,1-3H3. The number of benzene rings is 2. The van der Waals surface area contributed by atoms with Crippen LogP contribution >= 0.6 is 0 Å². The Kier molecular flexibility index (Phi) is 3.66. The molecule has 2 aromatic rings. The largest absolute Gasteiger partial charge is 0.378 e. The molecule has 94 valence electrons. The topological polar surface area (TPSA) is 12.0 Å². The van der Waals surface area contributed by atoms with Crippen molar-refractivity contribution < 1.29 is 4.39 Å². The maximum atomic E-state index is 13.7. The molecule has 0 saturated carbocycles. The summed E-state index contributed by atoms with van der Waals surface area (Å²) in [6, 6.07) is 11.3. The fraction of sp³-hybridized carbons (Fsp3) is 0.250. The minimum absolute atomic E-state index is 0.194. The quantitative estimate of drug-likeness (QED) is 0.844. The van der Waals surface area contributed by atoms with E-state index in [1.165, 1.54) is 22.8 Å². The van der Waals surface area contributed by atoms with E-state index >= 15 is 0 Å². The first-order chi connectivity index (χ1) is 8.59. The van der Waals surface area contributed by atoms with E-state index in [1.807, 2.05) is 19.1 Å². The SMILES string of the molecule is Cc1cccc(CNc2c(C)cccc2F)c1C. The summed E-state index contributed by atoms with van der Waals surface area (Å²) >= 11 is 0. The second kappa shape index (κ2) is 5.21. The number of rotatable bonds is 3. The van der Waals surface area contributed by atoms with Gasteiger partial charge in [0.15, 0.2) is 0 Å². The molecule has 0 aliphatic heterocycles. The third-order valence-corrected chi connectivity index (χ3v) is 3.39. The van der Waals surface area contributed by atoms with E-state index in [1.54, 1.807) is 6.07 Å². The van der Waals surface area contributed by atoms with Crippen molar-refractivity contribution in [2.45, 2.75) is 27.3 Å². The third kappa shape index (κ3) is 2.53. The molecular formula is C16H18FN. The Morgan fingerprint density at radius 2 is 1.61 bits per heavy atom. The van der Waals surface area contributed by atoms with Crippen molar-refractivity contribution >= 4 is 5.69 Å². The van der Waals surface area contributed by atoms with Crippen LogP contribution in [0.2, 0.25) is 0 Å². The second-order valence-corrected chi connectivity index (χ2v) is 4.64. The van der Waals surface area contributed by atoms with E-state index < -0.39 is 0 Å². The Labute approximate surface area is 108 Å². The van der Waals surface area contributed by atoms with Gasteiger partial charge in [-0.25, -0.2) is 4.39 Å². The smallest absolute Gasteiger partial charge is 0.146 e. The van der Waals surface area contributed by atoms with Gasteiger partial charge in [0.05, 0.1) is 5.69 Å². The molecule has 2 aromatic carbocycles. The zero-order chi connectivity index (χ0) is 13.1. The summed E-state index contributed by atoms with van der Waals surface area (Å²) in [5.74, 6) is -0.194. The summed E-state index contributed by atoms with van der Waals surface area (Å²) < 4.78 is 13.7. The average molecular weight is 243 g/mol. The summed E-state index contributed by atoms with van der Waals surface area (Å²) in [6.45, 7) is 6.75. The van der Waals surface area contributed by atoms with E-state index in [0.717, 1.165) is 5.56 Å². The van der Waals surface area contributed by atoms with Crippen molar-refractivity contribution in [1.82, 2.24) is 0 Å². The number of halogens is 1. The Bertz CT molecular complexity index is 541. The van der Waals surface area contributed by atoms with Crippen LogP contribution in [-0.2, 0) is 6.54 Å². The fourth-order valence-electron chi connectivity index (χ4n) is 2.04. The van der Waals surface area contributed by atoms with Gasteiger partial charge in [0.25, 0.3) is 0 Å². The Morgan fingerprint density at radius 3 is 2.33 bits per heavy atom. The highest BCUT2D eigenvalue weighted by Gasteiger charge is 2.06. The van der Waals surface area contributed by atoms with E-state index in [2.05, 4.69) is 31.3 Å². The maximum absolute atomic E-state index is 13.7. The minimum Gasteiger partial charge on any atom is -0.378 e. The van der Waals surface area contributed by atoms with Crippen LogP contribution in [0.5, 0.6) is 0 Å². The molecule has 1 N–H and O–H groups in total. The zero-order valence-corrected chi connectivity index (χ0v) is 11.0. The van der Waals surface area contributed by atoms with Crippen LogP contribution in [0.25, 0.3) is 0 Å². The van der Waals surface area contributed by atoms with Gasteiger partial charge >= 0.3 is 0 Å². The molecule has 0 aromatic heterocycles. The summed E-state index contributed by atoms with van der Waals surface area (Å²) in [5, 5.41) is 3.19. The zero-order valence-electron chi connectivity index (χ0n) is 11.0. The van der Waals surface area contributed by atoms with Gasteiger partial charge in [-0.1, -0.05) is 30.3 Å². The number of hydrogen-bond acceptors (Lipinski definition) is 1. The van der Waals surface area contributed by atoms with Crippen LogP contribution < -0.4 is 5.32 Å². The summed E-state index contributed by atoms with van der Waals surface area (Å²) in [4.78, 5) is 0. The molecule has 0 unspecified atom stereocenters. The third-order valence-electron chi connectivity index (χ3n) is 3.39. The predicted octanol–water partition coefficient (Wildman–Crippen LogP) is 4.36. The first-order valence-electron chi connectivity index (χ1n) is 6.13. The van der Waals surface area contributed by atoms with Crippen LogP contribution in [0.3, 0.4) is 0 Å². The molecule has 0 aliphatic carbocycles. The lowest BCUT2D eigenvalue weighted by Gasteiger charge is -2.13. The highest BCUT2D eigenvalue weighted by molar-refractivity contribution is 5.52. The van der Waals surface area contributed by atoms with Crippen molar-refractivity contribution in [3.05, 3.63) is 64.5 Å². The molecule has 2 rings (SSSR count). The second-order valence-electron chi connectivity index (χ2n) is 4.64. The minimum atomic E-state index is -0.194. The fourth-order valence-corrected chi connectivity index (χ4v) is 2.04. The monoisotopic (exact) mass is 243 g/mol. The molecule has 0 fully saturated rings. The number of nitrogens with one attached hydrogen (secondary N) is 1. The molecule has 0 amide bonds. The maximum Gasteiger partial charge on any atom is 0.146 e. The summed E-state index contributed by atoms with van der Waals surface area (Å²) in [5.41, 5.74) is 5.26. The number of anilines is 1. The van der Waals surface area contributed by atoms with Gasteiger partial charge in [-0.3, -0.25) is 0 Å². The number of para-hydroxylation sites is 1. The molecule has 0 aliphatic rings. The van der Waals surface area contributed by atoms with Gasteiger partial charge < -0.3 is 5.32 Å². The Balaban J connectivity index is 2.19. The Morgan fingerprint density at radius 1 is 0.944 bits per heavy atom. The van der Waals surface area contributed by atoms with Crippen LogP contribution in [-0.4, -0.2) is 0 Å². The van der Waals surface area contributed by atoms with Gasteiger partial charge in [0, 0.05) is 6.54 Å².